The van der Waals surface area contributed by atoms with Crippen LogP contribution in [0.15, 0.2) is 16.0 Å². The molecule has 0 fully saturated rings. The molecular weight excluding hydrogens is 210 g/mol. The zero-order valence-corrected chi connectivity index (χ0v) is 9.60. The molecule has 0 aliphatic carbocycles. The van der Waals surface area contributed by atoms with Crippen molar-refractivity contribution < 1.29 is 4.42 Å². The number of thiazole rings is 1. The fraction of sp³-hybridized carbons (Fsp3) is 0.400. The van der Waals surface area contributed by atoms with Crippen molar-refractivity contribution in [3.63, 3.8) is 0 Å². The van der Waals surface area contributed by atoms with Gasteiger partial charge in [-0.25, -0.2) is 9.97 Å². The molecule has 0 radical (unpaired) electrons. The van der Waals surface area contributed by atoms with Gasteiger partial charge in [-0.1, -0.05) is 0 Å². The first-order valence-electron chi connectivity index (χ1n) is 4.77. The van der Waals surface area contributed by atoms with E-state index >= 15 is 0 Å². The number of aromatic nitrogens is 2. The number of hydrogen-bond acceptors (Lipinski definition) is 5. The lowest BCUT2D eigenvalue weighted by Gasteiger charge is -1.97. The molecule has 1 N–H and O–H groups in total. The number of rotatable bonds is 4. The standard InChI is InChI=1S/C10H13N3OS/c1-7-6-15-10(13-7)5-11-4-9-12-3-8(2)14-9/h3,6,11H,4-5H2,1-2H3. The topological polar surface area (TPSA) is 51.0 Å². The summed E-state index contributed by atoms with van der Waals surface area (Å²) in [5.41, 5.74) is 1.07. The summed E-state index contributed by atoms with van der Waals surface area (Å²) in [6, 6.07) is 0. The van der Waals surface area contributed by atoms with Gasteiger partial charge in [0.2, 0.25) is 5.89 Å². The SMILES string of the molecule is Cc1csc(CNCc2ncc(C)o2)n1. The maximum Gasteiger partial charge on any atom is 0.208 e. The van der Waals surface area contributed by atoms with E-state index in [9.17, 15) is 0 Å². The monoisotopic (exact) mass is 223 g/mol. The van der Waals surface area contributed by atoms with Gasteiger partial charge in [0.1, 0.15) is 10.8 Å². The van der Waals surface area contributed by atoms with E-state index in [1.165, 1.54) is 0 Å². The van der Waals surface area contributed by atoms with Crippen molar-refractivity contribution in [2.45, 2.75) is 26.9 Å². The maximum absolute atomic E-state index is 5.34. The predicted octanol–water partition coefficient (Wildman–Crippen LogP) is 2.04. The van der Waals surface area contributed by atoms with E-state index in [1.54, 1.807) is 17.5 Å². The maximum atomic E-state index is 5.34. The van der Waals surface area contributed by atoms with E-state index in [0.717, 1.165) is 28.9 Å². The van der Waals surface area contributed by atoms with E-state index in [-0.39, 0.29) is 0 Å². The molecule has 2 rings (SSSR count). The Bertz CT molecular complexity index is 395. The third kappa shape index (κ3) is 2.87. The number of hydrogen-bond donors (Lipinski definition) is 1. The van der Waals surface area contributed by atoms with Crippen LogP contribution in [0.2, 0.25) is 0 Å². The third-order valence-corrected chi connectivity index (χ3v) is 2.85. The molecule has 2 aromatic rings. The molecular formula is C10H13N3OS. The summed E-state index contributed by atoms with van der Waals surface area (Å²) in [4.78, 5) is 8.46. The third-order valence-electron chi connectivity index (χ3n) is 1.89. The predicted molar refractivity (Wildman–Crippen MR) is 58.6 cm³/mol. The van der Waals surface area contributed by atoms with Crippen LogP contribution in [0.25, 0.3) is 0 Å². The van der Waals surface area contributed by atoms with E-state index in [1.807, 2.05) is 19.2 Å². The Hall–Kier alpha value is -1.20. The summed E-state index contributed by atoms with van der Waals surface area (Å²) >= 11 is 1.67. The van der Waals surface area contributed by atoms with E-state index in [0.29, 0.717) is 6.54 Å². The summed E-state index contributed by atoms with van der Waals surface area (Å²) < 4.78 is 5.34. The minimum atomic E-state index is 0.645. The second-order valence-corrected chi connectivity index (χ2v) is 4.29. The molecule has 4 nitrogen and oxygen atoms in total. The fourth-order valence-corrected chi connectivity index (χ4v) is 1.98. The first-order valence-corrected chi connectivity index (χ1v) is 5.65. The molecule has 2 aromatic heterocycles. The van der Waals surface area contributed by atoms with Gasteiger partial charge in [-0.05, 0) is 13.8 Å². The lowest BCUT2D eigenvalue weighted by Crippen LogP contribution is -2.12. The Morgan fingerprint density at radius 1 is 1.40 bits per heavy atom. The van der Waals surface area contributed by atoms with Crippen LogP contribution in [0.1, 0.15) is 22.4 Å². The van der Waals surface area contributed by atoms with Gasteiger partial charge >= 0.3 is 0 Å². The molecule has 2 heterocycles. The highest BCUT2D eigenvalue weighted by atomic mass is 32.1. The van der Waals surface area contributed by atoms with E-state index in [4.69, 9.17) is 4.42 Å². The molecule has 15 heavy (non-hydrogen) atoms. The molecule has 80 valence electrons. The van der Waals surface area contributed by atoms with Crippen LogP contribution in [-0.2, 0) is 13.1 Å². The molecule has 0 bridgehead atoms. The number of nitrogens with one attached hydrogen (secondary N) is 1. The smallest absolute Gasteiger partial charge is 0.208 e. The number of oxazole rings is 1. The van der Waals surface area contributed by atoms with Gasteiger partial charge in [-0.3, -0.25) is 0 Å². The molecule has 0 unspecified atom stereocenters. The van der Waals surface area contributed by atoms with Crippen molar-refractivity contribution in [3.8, 4) is 0 Å². The van der Waals surface area contributed by atoms with Crippen LogP contribution in [-0.4, -0.2) is 9.97 Å². The Kier molecular flexibility index (Phi) is 3.13. The Labute approximate surface area is 92.4 Å². The van der Waals surface area contributed by atoms with Crippen LogP contribution in [0, 0.1) is 13.8 Å². The van der Waals surface area contributed by atoms with Gasteiger partial charge in [0.05, 0.1) is 12.7 Å². The lowest BCUT2D eigenvalue weighted by atomic mass is 10.5. The molecule has 0 atom stereocenters. The average Bonchev–Trinajstić information content (AvgIpc) is 2.76. The van der Waals surface area contributed by atoms with Crippen LogP contribution in [0.5, 0.6) is 0 Å². The van der Waals surface area contributed by atoms with Gasteiger partial charge in [-0.15, -0.1) is 11.3 Å². The fourth-order valence-electron chi connectivity index (χ4n) is 1.24. The van der Waals surface area contributed by atoms with Gasteiger partial charge in [0, 0.05) is 17.6 Å². The highest BCUT2D eigenvalue weighted by Gasteiger charge is 2.01. The van der Waals surface area contributed by atoms with Gasteiger partial charge in [0.25, 0.3) is 0 Å². The largest absolute Gasteiger partial charge is 0.445 e. The van der Waals surface area contributed by atoms with Crippen LogP contribution in [0.3, 0.4) is 0 Å². The molecule has 0 aromatic carbocycles. The van der Waals surface area contributed by atoms with Crippen molar-refractivity contribution >= 4 is 11.3 Å². The lowest BCUT2D eigenvalue weighted by molar-refractivity contribution is 0.449. The summed E-state index contributed by atoms with van der Waals surface area (Å²) in [7, 11) is 0. The van der Waals surface area contributed by atoms with Gasteiger partial charge < -0.3 is 9.73 Å². The first kappa shape index (κ1) is 10.3. The average molecular weight is 223 g/mol. The summed E-state index contributed by atoms with van der Waals surface area (Å²) in [5, 5.41) is 6.38. The van der Waals surface area contributed by atoms with E-state index < -0.39 is 0 Å². The summed E-state index contributed by atoms with van der Waals surface area (Å²) in [6.45, 7) is 5.30. The van der Waals surface area contributed by atoms with Gasteiger partial charge in [0.15, 0.2) is 0 Å². The van der Waals surface area contributed by atoms with Crippen molar-refractivity contribution in [2.24, 2.45) is 0 Å². The van der Waals surface area contributed by atoms with Crippen molar-refractivity contribution in [2.75, 3.05) is 0 Å². The van der Waals surface area contributed by atoms with Crippen LogP contribution >= 0.6 is 11.3 Å². The zero-order valence-electron chi connectivity index (χ0n) is 8.78. The minimum absolute atomic E-state index is 0.645. The molecule has 0 saturated heterocycles. The summed E-state index contributed by atoms with van der Waals surface area (Å²) in [5.74, 6) is 1.57. The number of aryl methyl sites for hydroxylation is 2. The molecule has 5 heteroatoms. The quantitative estimate of drug-likeness (QED) is 0.861. The molecule has 0 saturated carbocycles. The Morgan fingerprint density at radius 2 is 2.27 bits per heavy atom. The zero-order chi connectivity index (χ0) is 10.7. The van der Waals surface area contributed by atoms with Crippen LogP contribution in [0.4, 0.5) is 0 Å². The highest BCUT2D eigenvalue weighted by Crippen LogP contribution is 2.08. The second kappa shape index (κ2) is 4.55. The normalized spacial score (nSPS) is 10.8. The Balaban J connectivity index is 1.80. The molecule has 0 aliphatic rings. The van der Waals surface area contributed by atoms with Crippen molar-refractivity contribution in [3.05, 3.63) is 33.9 Å². The van der Waals surface area contributed by atoms with Crippen LogP contribution < -0.4 is 5.32 Å². The first-order chi connectivity index (χ1) is 7.24. The highest BCUT2D eigenvalue weighted by molar-refractivity contribution is 7.09. The Morgan fingerprint density at radius 3 is 2.87 bits per heavy atom. The summed E-state index contributed by atoms with van der Waals surface area (Å²) in [6.07, 6.45) is 1.73. The molecule has 0 amide bonds. The van der Waals surface area contributed by atoms with Crippen molar-refractivity contribution in [1.29, 1.82) is 0 Å². The van der Waals surface area contributed by atoms with Crippen molar-refractivity contribution in [1.82, 2.24) is 15.3 Å². The van der Waals surface area contributed by atoms with E-state index in [2.05, 4.69) is 15.3 Å². The minimum Gasteiger partial charge on any atom is -0.445 e. The van der Waals surface area contributed by atoms with Gasteiger partial charge in [-0.2, -0.15) is 0 Å². The number of nitrogens with zero attached hydrogens (tertiary/aromatic N) is 2. The second-order valence-electron chi connectivity index (χ2n) is 3.35. The molecule has 0 spiro atoms. The molecule has 0 aliphatic heterocycles.